The Bertz CT molecular complexity index is 284. The summed E-state index contributed by atoms with van der Waals surface area (Å²) in [6.07, 6.45) is 0. The van der Waals surface area contributed by atoms with E-state index in [9.17, 15) is 0 Å². The first-order chi connectivity index (χ1) is 5.70. The number of ether oxygens (including phenoxy) is 1. The van der Waals surface area contributed by atoms with Crippen LogP contribution in [0.5, 0.6) is 5.75 Å². The van der Waals surface area contributed by atoms with Crippen LogP contribution in [0, 0.1) is 6.92 Å². The highest BCUT2D eigenvalue weighted by atomic mass is 16.5. The van der Waals surface area contributed by atoms with Gasteiger partial charge in [-0.15, -0.1) is 0 Å². The zero-order valence-corrected chi connectivity index (χ0v) is 7.42. The summed E-state index contributed by atoms with van der Waals surface area (Å²) in [5.41, 5.74) is 14.1. The fourth-order valence-electron chi connectivity index (χ4n) is 1.20. The van der Waals surface area contributed by atoms with Crippen molar-refractivity contribution >= 4 is 5.69 Å². The summed E-state index contributed by atoms with van der Waals surface area (Å²) in [7, 11) is 1.60. The molecule has 0 heterocycles. The van der Waals surface area contributed by atoms with E-state index in [1.807, 2.05) is 19.1 Å². The standard InChI is InChI=1S/C9H14N2O/c1-6-3-4-8(12-2)9(11)7(6)5-10/h3-4H,5,10-11H2,1-2H3. The normalized spacial score (nSPS) is 9.92. The Kier molecular flexibility index (Phi) is 2.55. The van der Waals surface area contributed by atoms with Gasteiger partial charge in [0, 0.05) is 6.54 Å². The largest absolute Gasteiger partial charge is 0.495 e. The van der Waals surface area contributed by atoms with Gasteiger partial charge in [-0.2, -0.15) is 0 Å². The number of nitrogens with two attached hydrogens (primary N) is 2. The minimum atomic E-state index is 0.453. The lowest BCUT2D eigenvalue weighted by molar-refractivity contribution is 0.416. The zero-order valence-electron chi connectivity index (χ0n) is 7.42. The summed E-state index contributed by atoms with van der Waals surface area (Å²) in [5, 5.41) is 0. The number of hydrogen-bond donors (Lipinski definition) is 2. The maximum Gasteiger partial charge on any atom is 0.142 e. The van der Waals surface area contributed by atoms with Crippen LogP contribution < -0.4 is 16.2 Å². The second-order valence-corrected chi connectivity index (χ2v) is 2.68. The van der Waals surface area contributed by atoms with Crippen LogP contribution in [-0.2, 0) is 6.54 Å². The van der Waals surface area contributed by atoms with E-state index in [-0.39, 0.29) is 0 Å². The van der Waals surface area contributed by atoms with E-state index in [0.29, 0.717) is 18.0 Å². The van der Waals surface area contributed by atoms with Crippen LogP contribution in [0.25, 0.3) is 0 Å². The fraction of sp³-hybridized carbons (Fsp3) is 0.333. The van der Waals surface area contributed by atoms with Crippen LogP contribution in [0.1, 0.15) is 11.1 Å². The Morgan fingerprint density at radius 1 is 1.42 bits per heavy atom. The summed E-state index contributed by atoms with van der Waals surface area (Å²) in [6.45, 7) is 2.44. The van der Waals surface area contributed by atoms with Gasteiger partial charge in [0.2, 0.25) is 0 Å². The molecule has 12 heavy (non-hydrogen) atoms. The monoisotopic (exact) mass is 166 g/mol. The van der Waals surface area contributed by atoms with E-state index in [1.165, 1.54) is 0 Å². The van der Waals surface area contributed by atoms with Crippen LogP contribution >= 0.6 is 0 Å². The average Bonchev–Trinajstić information content (AvgIpc) is 2.06. The minimum absolute atomic E-state index is 0.453. The Morgan fingerprint density at radius 2 is 2.08 bits per heavy atom. The molecule has 3 nitrogen and oxygen atoms in total. The molecule has 0 saturated carbocycles. The first-order valence-corrected chi connectivity index (χ1v) is 3.82. The molecule has 3 heteroatoms. The van der Waals surface area contributed by atoms with Crippen LogP contribution in [0.2, 0.25) is 0 Å². The van der Waals surface area contributed by atoms with E-state index in [0.717, 1.165) is 11.1 Å². The molecule has 66 valence electrons. The van der Waals surface area contributed by atoms with E-state index in [2.05, 4.69) is 0 Å². The van der Waals surface area contributed by atoms with Gasteiger partial charge in [0.05, 0.1) is 12.8 Å². The molecule has 0 amide bonds. The van der Waals surface area contributed by atoms with Gasteiger partial charge in [-0.25, -0.2) is 0 Å². The summed E-state index contributed by atoms with van der Waals surface area (Å²) in [5.74, 6) is 0.695. The number of rotatable bonds is 2. The lowest BCUT2D eigenvalue weighted by atomic mass is 10.1. The van der Waals surface area contributed by atoms with Crippen LogP contribution in [-0.4, -0.2) is 7.11 Å². The summed E-state index contributed by atoms with van der Waals surface area (Å²) >= 11 is 0. The summed E-state index contributed by atoms with van der Waals surface area (Å²) in [6, 6.07) is 3.81. The molecule has 0 atom stereocenters. The highest BCUT2D eigenvalue weighted by Crippen LogP contribution is 2.27. The second-order valence-electron chi connectivity index (χ2n) is 2.68. The minimum Gasteiger partial charge on any atom is -0.495 e. The lowest BCUT2D eigenvalue weighted by Gasteiger charge is -2.10. The molecule has 0 aliphatic rings. The van der Waals surface area contributed by atoms with E-state index < -0.39 is 0 Å². The molecule has 0 fully saturated rings. The van der Waals surface area contributed by atoms with E-state index >= 15 is 0 Å². The van der Waals surface area contributed by atoms with Gasteiger partial charge in [-0.1, -0.05) is 6.07 Å². The topological polar surface area (TPSA) is 61.3 Å². The number of benzene rings is 1. The van der Waals surface area contributed by atoms with Crippen molar-refractivity contribution in [3.05, 3.63) is 23.3 Å². The SMILES string of the molecule is COc1ccc(C)c(CN)c1N. The molecular formula is C9H14N2O. The Hall–Kier alpha value is -1.22. The van der Waals surface area contributed by atoms with Crippen molar-refractivity contribution in [1.29, 1.82) is 0 Å². The molecule has 4 N–H and O–H groups in total. The molecule has 1 rings (SSSR count). The Balaban J connectivity index is 3.24. The van der Waals surface area contributed by atoms with Gasteiger partial charge in [-0.3, -0.25) is 0 Å². The molecule has 0 aliphatic heterocycles. The van der Waals surface area contributed by atoms with E-state index in [1.54, 1.807) is 7.11 Å². The maximum atomic E-state index is 5.80. The third-order valence-corrected chi connectivity index (χ3v) is 1.98. The van der Waals surface area contributed by atoms with Gasteiger partial charge in [0.25, 0.3) is 0 Å². The summed E-state index contributed by atoms with van der Waals surface area (Å²) < 4.78 is 5.06. The number of nitrogen functional groups attached to an aromatic ring is 1. The molecule has 0 unspecified atom stereocenters. The fourth-order valence-corrected chi connectivity index (χ4v) is 1.20. The first kappa shape index (κ1) is 8.87. The van der Waals surface area contributed by atoms with Crippen molar-refractivity contribution in [3.63, 3.8) is 0 Å². The van der Waals surface area contributed by atoms with Crippen molar-refractivity contribution in [2.75, 3.05) is 12.8 Å². The van der Waals surface area contributed by atoms with Crippen LogP contribution in [0.3, 0.4) is 0 Å². The highest BCUT2D eigenvalue weighted by molar-refractivity contribution is 5.61. The van der Waals surface area contributed by atoms with Crippen molar-refractivity contribution in [1.82, 2.24) is 0 Å². The molecule has 0 bridgehead atoms. The molecule has 0 radical (unpaired) electrons. The van der Waals surface area contributed by atoms with Gasteiger partial charge in [0.1, 0.15) is 5.75 Å². The number of anilines is 1. The maximum absolute atomic E-state index is 5.80. The van der Waals surface area contributed by atoms with Gasteiger partial charge >= 0.3 is 0 Å². The third kappa shape index (κ3) is 1.36. The summed E-state index contributed by atoms with van der Waals surface area (Å²) in [4.78, 5) is 0. The quantitative estimate of drug-likeness (QED) is 0.645. The Morgan fingerprint density at radius 3 is 2.58 bits per heavy atom. The molecule has 0 aliphatic carbocycles. The zero-order chi connectivity index (χ0) is 9.14. The molecular weight excluding hydrogens is 152 g/mol. The van der Waals surface area contributed by atoms with E-state index in [4.69, 9.17) is 16.2 Å². The number of aryl methyl sites for hydroxylation is 1. The van der Waals surface area contributed by atoms with Gasteiger partial charge in [-0.05, 0) is 24.1 Å². The van der Waals surface area contributed by atoms with Crippen molar-refractivity contribution in [3.8, 4) is 5.75 Å². The predicted octanol–water partition coefficient (Wildman–Crippen LogP) is 1.04. The predicted molar refractivity (Wildman–Crippen MR) is 50.0 cm³/mol. The van der Waals surface area contributed by atoms with Gasteiger partial charge in [0.15, 0.2) is 0 Å². The number of methoxy groups -OCH3 is 1. The Labute approximate surface area is 72.3 Å². The highest BCUT2D eigenvalue weighted by Gasteiger charge is 2.06. The van der Waals surface area contributed by atoms with Crippen molar-refractivity contribution in [2.45, 2.75) is 13.5 Å². The van der Waals surface area contributed by atoms with Crippen LogP contribution in [0.15, 0.2) is 12.1 Å². The van der Waals surface area contributed by atoms with Crippen molar-refractivity contribution < 1.29 is 4.74 Å². The molecule has 0 saturated heterocycles. The average molecular weight is 166 g/mol. The number of hydrogen-bond acceptors (Lipinski definition) is 3. The third-order valence-electron chi connectivity index (χ3n) is 1.98. The first-order valence-electron chi connectivity index (χ1n) is 3.82. The van der Waals surface area contributed by atoms with Gasteiger partial charge < -0.3 is 16.2 Å². The van der Waals surface area contributed by atoms with Crippen LogP contribution in [0.4, 0.5) is 5.69 Å². The smallest absolute Gasteiger partial charge is 0.142 e. The molecule has 1 aromatic carbocycles. The lowest BCUT2D eigenvalue weighted by Crippen LogP contribution is -2.05. The van der Waals surface area contributed by atoms with Crippen molar-refractivity contribution in [2.24, 2.45) is 5.73 Å². The molecule has 0 aromatic heterocycles. The molecule has 0 spiro atoms. The second kappa shape index (κ2) is 3.45. The molecule has 1 aromatic rings.